The highest BCUT2D eigenvalue weighted by molar-refractivity contribution is 5.89. The highest BCUT2D eigenvalue weighted by Gasteiger charge is 2.17. The van der Waals surface area contributed by atoms with Crippen LogP contribution >= 0.6 is 0 Å². The highest BCUT2D eigenvalue weighted by Crippen LogP contribution is 2.22. The van der Waals surface area contributed by atoms with E-state index in [1.165, 1.54) is 11.0 Å². The van der Waals surface area contributed by atoms with Crippen LogP contribution in [-0.2, 0) is 0 Å². The Morgan fingerprint density at radius 1 is 1.58 bits per heavy atom. The van der Waals surface area contributed by atoms with Crippen molar-refractivity contribution in [3.8, 4) is 0 Å². The van der Waals surface area contributed by atoms with Crippen LogP contribution in [0, 0.1) is 17.0 Å². The van der Waals surface area contributed by atoms with Crippen LogP contribution in [0.15, 0.2) is 18.2 Å². The Labute approximate surface area is 111 Å². The van der Waals surface area contributed by atoms with E-state index in [0.29, 0.717) is 11.3 Å². The zero-order valence-electron chi connectivity index (χ0n) is 11.1. The van der Waals surface area contributed by atoms with Gasteiger partial charge in [0.15, 0.2) is 0 Å². The molecule has 0 aromatic heterocycles. The summed E-state index contributed by atoms with van der Waals surface area (Å²) in [6, 6.07) is 3.71. The first-order valence-electron chi connectivity index (χ1n) is 5.76. The van der Waals surface area contributed by atoms with Crippen LogP contribution in [0.4, 0.5) is 16.2 Å². The van der Waals surface area contributed by atoms with Gasteiger partial charge in [-0.2, -0.15) is 0 Å². The molecular weight excluding hydrogens is 250 g/mol. The van der Waals surface area contributed by atoms with Crippen LogP contribution in [0.1, 0.15) is 12.5 Å². The zero-order chi connectivity index (χ0) is 14.6. The Balaban J connectivity index is 2.86. The Morgan fingerprint density at radius 2 is 2.21 bits per heavy atom. The van der Waals surface area contributed by atoms with E-state index in [9.17, 15) is 14.9 Å². The molecule has 0 spiro atoms. The molecule has 104 valence electrons. The molecule has 1 aromatic carbocycles. The van der Waals surface area contributed by atoms with Gasteiger partial charge in [-0.05, 0) is 19.9 Å². The van der Waals surface area contributed by atoms with Crippen molar-refractivity contribution in [2.24, 2.45) is 0 Å². The molecule has 1 atom stereocenters. The second kappa shape index (κ2) is 6.14. The number of nitrogens with zero attached hydrogens (tertiary/aromatic N) is 2. The fourth-order valence-corrected chi connectivity index (χ4v) is 1.42. The fourth-order valence-electron chi connectivity index (χ4n) is 1.42. The summed E-state index contributed by atoms with van der Waals surface area (Å²) in [5, 5.41) is 22.3. The lowest BCUT2D eigenvalue weighted by Crippen LogP contribution is -2.40. The zero-order valence-corrected chi connectivity index (χ0v) is 11.1. The van der Waals surface area contributed by atoms with Crippen molar-refractivity contribution in [2.75, 3.05) is 19.0 Å². The maximum Gasteiger partial charge on any atom is 0.321 e. The molecule has 2 amide bonds. The molecule has 1 aromatic rings. The van der Waals surface area contributed by atoms with Gasteiger partial charge in [0.25, 0.3) is 5.69 Å². The Morgan fingerprint density at radius 3 is 2.74 bits per heavy atom. The number of nitro groups is 1. The Kier molecular flexibility index (Phi) is 4.82. The highest BCUT2D eigenvalue weighted by atomic mass is 16.6. The molecule has 2 N–H and O–H groups in total. The number of hydrogen-bond acceptors (Lipinski definition) is 4. The molecule has 0 fully saturated rings. The summed E-state index contributed by atoms with van der Waals surface area (Å²) in [7, 11) is 1.54. The van der Waals surface area contributed by atoms with Crippen LogP contribution < -0.4 is 5.32 Å². The third kappa shape index (κ3) is 3.65. The lowest BCUT2D eigenvalue weighted by molar-refractivity contribution is -0.385. The molecule has 0 aliphatic heterocycles. The van der Waals surface area contributed by atoms with E-state index >= 15 is 0 Å². The number of anilines is 1. The molecule has 0 radical (unpaired) electrons. The van der Waals surface area contributed by atoms with Gasteiger partial charge >= 0.3 is 6.03 Å². The van der Waals surface area contributed by atoms with Gasteiger partial charge in [-0.15, -0.1) is 0 Å². The van der Waals surface area contributed by atoms with Crippen molar-refractivity contribution < 1.29 is 14.8 Å². The lowest BCUT2D eigenvalue weighted by atomic mass is 10.2. The summed E-state index contributed by atoms with van der Waals surface area (Å²) in [5.41, 5.74) is 0.829. The van der Waals surface area contributed by atoms with E-state index in [2.05, 4.69) is 5.32 Å². The van der Waals surface area contributed by atoms with Crippen molar-refractivity contribution in [1.29, 1.82) is 0 Å². The molecule has 7 heteroatoms. The maximum absolute atomic E-state index is 11.8. The number of aliphatic hydroxyl groups excluding tert-OH is 1. The minimum atomic E-state index is -0.495. The summed E-state index contributed by atoms with van der Waals surface area (Å²) < 4.78 is 0. The topological polar surface area (TPSA) is 95.7 Å². The normalized spacial score (nSPS) is 11.8. The largest absolute Gasteiger partial charge is 0.394 e. The number of aliphatic hydroxyl groups is 1. The number of hydrogen-bond donors (Lipinski definition) is 2. The number of nitro benzene ring substituents is 1. The molecular formula is C12H17N3O4. The Bertz CT molecular complexity index is 490. The molecule has 0 aliphatic carbocycles. The minimum Gasteiger partial charge on any atom is -0.394 e. The predicted molar refractivity (Wildman–Crippen MR) is 71.2 cm³/mol. The summed E-state index contributed by atoms with van der Waals surface area (Å²) in [4.78, 5) is 23.4. The van der Waals surface area contributed by atoms with Crippen LogP contribution in [0.3, 0.4) is 0 Å². The number of benzene rings is 1. The van der Waals surface area contributed by atoms with Gasteiger partial charge in [0.05, 0.1) is 17.6 Å². The van der Waals surface area contributed by atoms with Gasteiger partial charge in [0.1, 0.15) is 0 Å². The maximum atomic E-state index is 11.8. The number of likely N-dealkylation sites (N-methyl/N-ethyl adjacent to an activating group) is 1. The number of amides is 2. The van der Waals surface area contributed by atoms with Gasteiger partial charge < -0.3 is 15.3 Å². The molecule has 1 unspecified atom stereocenters. The Hall–Kier alpha value is -2.15. The fraction of sp³-hybridized carbons (Fsp3) is 0.417. The molecule has 1 rings (SSSR count). The smallest absolute Gasteiger partial charge is 0.321 e. The first kappa shape index (κ1) is 14.9. The van der Waals surface area contributed by atoms with Gasteiger partial charge in [-0.25, -0.2) is 4.79 Å². The van der Waals surface area contributed by atoms with Crippen LogP contribution in [0.25, 0.3) is 0 Å². The molecule has 0 saturated carbocycles. The van der Waals surface area contributed by atoms with Crippen LogP contribution in [0.2, 0.25) is 0 Å². The number of carbonyl (C=O) groups is 1. The quantitative estimate of drug-likeness (QED) is 0.641. The second-order valence-electron chi connectivity index (χ2n) is 4.33. The molecule has 0 heterocycles. The average Bonchev–Trinajstić information content (AvgIpc) is 2.38. The van der Waals surface area contributed by atoms with E-state index in [0.717, 1.165) is 0 Å². The van der Waals surface area contributed by atoms with Crippen molar-refractivity contribution in [3.05, 3.63) is 33.9 Å². The lowest BCUT2D eigenvalue weighted by Gasteiger charge is -2.23. The second-order valence-corrected chi connectivity index (χ2v) is 4.33. The van der Waals surface area contributed by atoms with E-state index in [4.69, 9.17) is 5.11 Å². The third-order valence-corrected chi connectivity index (χ3v) is 2.90. The van der Waals surface area contributed by atoms with Crippen molar-refractivity contribution in [2.45, 2.75) is 19.9 Å². The molecule has 19 heavy (non-hydrogen) atoms. The van der Waals surface area contributed by atoms with Gasteiger partial charge in [0, 0.05) is 24.4 Å². The van der Waals surface area contributed by atoms with E-state index in [1.54, 1.807) is 33.0 Å². The predicted octanol–water partition coefficient (Wildman–Crippen LogP) is 1.75. The number of urea groups is 1. The molecule has 0 aliphatic rings. The van der Waals surface area contributed by atoms with E-state index in [1.807, 2.05) is 0 Å². The van der Waals surface area contributed by atoms with Gasteiger partial charge in [-0.1, -0.05) is 6.07 Å². The molecule has 0 bridgehead atoms. The summed E-state index contributed by atoms with van der Waals surface area (Å²) in [6.45, 7) is 3.17. The number of rotatable bonds is 4. The van der Waals surface area contributed by atoms with Gasteiger partial charge in [-0.3, -0.25) is 10.1 Å². The summed E-state index contributed by atoms with van der Waals surface area (Å²) in [5.74, 6) is 0. The van der Waals surface area contributed by atoms with Crippen molar-refractivity contribution in [1.82, 2.24) is 4.90 Å². The van der Waals surface area contributed by atoms with Gasteiger partial charge in [0.2, 0.25) is 0 Å². The standard InChI is InChI=1S/C12H17N3O4/c1-8-4-5-10(6-11(8)15(18)19)13-12(17)14(3)9(2)7-16/h4-6,9,16H,7H2,1-3H3,(H,13,17). The van der Waals surface area contributed by atoms with E-state index < -0.39 is 11.0 Å². The summed E-state index contributed by atoms with van der Waals surface area (Å²) in [6.07, 6.45) is 0. The van der Waals surface area contributed by atoms with Crippen molar-refractivity contribution in [3.63, 3.8) is 0 Å². The van der Waals surface area contributed by atoms with Crippen LogP contribution in [-0.4, -0.2) is 40.7 Å². The number of carbonyl (C=O) groups excluding carboxylic acids is 1. The van der Waals surface area contributed by atoms with Crippen LogP contribution in [0.5, 0.6) is 0 Å². The summed E-state index contributed by atoms with van der Waals surface area (Å²) >= 11 is 0. The van der Waals surface area contributed by atoms with Crippen molar-refractivity contribution >= 4 is 17.4 Å². The first-order chi connectivity index (χ1) is 8.86. The third-order valence-electron chi connectivity index (χ3n) is 2.90. The number of nitrogens with one attached hydrogen (secondary N) is 1. The monoisotopic (exact) mass is 267 g/mol. The molecule has 7 nitrogen and oxygen atoms in total. The average molecular weight is 267 g/mol. The first-order valence-corrected chi connectivity index (χ1v) is 5.76. The minimum absolute atomic E-state index is 0.0457. The number of aryl methyl sites for hydroxylation is 1. The van der Waals surface area contributed by atoms with E-state index in [-0.39, 0.29) is 18.3 Å². The SMILES string of the molecule is Cc1ccc(NC(=O)N(C)C(C)CO)cc1[N+](=O)[O-]. The molecule has 0 saturated heterocycles.